The molecule has 19 nitrogen and oxygen atoms in total. The fourth-order valence-electron chi connectivity index (χ4n) is 11.5. The maximum Gasteiger partial charge on any atom is 0.508 e. The van der Waals surface area contributed by atoms with Gasteiger partial charge in [-0.3, -0.25) is 19.2 Å². The Kier molecular flexibility index (Phi) is 17.3. The molecule has 7 rings (SSSR count). The van der Waals surface area contributed by atoms with Crippen LogP contribution in [0.4, 0.5) is 4.79 Å². The summed E-state index contributed by atoms with van der Waals surface area (Å²) in [6.45, 7) is 9.88. The van der Waals surface area contributed by atoms with Crippen molar-refractivity contribution in [2.24, 2.45) is 22.7 Å². The van der Waals surface area contributed by atoms with E-state index in [2.05, 4.69) is 10.6 Å². The van der Waals surface area contributed by atoms with Crippen LogP contribution in [0.15, 0.2) is 102 Å². The fraction of sp³-hybridized carbons (Fsp3) is 0.481. The summed E-state index contributed by atoms with van der Waals surface area (Å²) < 4.78 is 36.6. The van der Waals surface area contributed by atoms with E-state index < -0.39 is 131 Å². The molecule has 21 heteroatoms. The molecule has 75 heavy (non-hydrogen) atoms. The van der Waals surface area contributed by atoms with E-state index in [1.54, 1.807) is 107 Å². The lowest BCUT2D eigenvalue weighted by atomic mass is 9.43. The number of ether oxygens (including phenoxy) is 6. The smallest absolute Gasteiger partial charge is 0.480 e. The van der Waals surface area contributed by atoms with Crippen LogP contribution >= 0.6 is 21.6 Å². The highest BCUT2D eigenvalue weighted by molar-refractivity contribution is 8.76. The maximum atomic E-state index is 16.0. The van der Waals surface area contributed by atoms with Crippen molar-refractivity contribution >= 4 is 69.2 Å². The van der Waals surface area contributed by atoms with E-state index in [0.29, 0.717) is 16.7 Å². The van der Waals surface area contributed by atoms with Crippen LogP contribution < -0.4 is 10.6 Å². The Balaban J connectivity index is 1.27. The van der Waals surface area contributed by atoms with Crippen molar-refractivity contribution in [2.45, 2.75) is 115 Å². The molecule has 3 aromatic carbocycles. The van der Waals surface area contributed by atoms with Crippen molar-refractivity contribution in [3.63, 3.8) is 0 Å². The third-order valence-corrected chi connectivity index (χ3v) is 17.5. The SMILES string of the molecule is CC(=O)N[C@@H](CSSCCOC(=O)O[C@H]1C[C@H]2OC[C@@]2(OC(C)=O)C2[C@H](OC(=O)c3ccccc3)[C@]3(O)C[C@H](OC(=O)[C@H](O)[C@@H](NC(=O)c4ccccc4)c4ccccc4)C(C)=C([C@@H](C)C(=O)[C@@]21C)C3(C)C)C(=O)O. The van der Waals surface area contributed by atoms with E-state index in [1.165, 1.54) is 36.8 Å². The molecular formula is C54H62N2O17S2. The number of ketones is 1. The number of amides is 2. The van der Waals surface area contributed by atoms with Crippen LogP contribution in [0.3, 0.4) is 0 Å². The Labute approximate surface area is 441 Å². The lowest BCUT2D eigenvalue weighted by molar-refractivity contribution is -0.345. The Hall–Kier alpha value is -6.26. The van der Waals surface area contributed by atoms with E-state index in [1.807, 2.05) is 0 Å². The molecule has 2 saturated carbocycles. The van der Waals surface area contributed by atoms with Crippen molar-refractivity contribution in [1.29, 1.82) is 0 Å². The van der Waals surface area contributed by atoms with Gasteiger partial charge >= 0.3 is 30.0 Å². The molecular weight excluding hydrogens is 1010 g/mol. The summed E-state index contributed by atoms with van der Waals surface area (Å²) in [4.78, 5) is 109. The number of esters is 3. The molecule has 1 unspecified atom stereocenters. The van der Waals surface area contributed by atoms with Gasteiger partial charge in [-0.2, -0.15) is 0 Å². The van der Waals surface area contributed by atoms with E-state index in [9.17, 15) is 48.9 Å². The number of rotatable bonds is 18. The number of carbonyl (C=O) groups excluding carboxylic acids is 7. The quantitative estimate of drug-likeness (QED) is 0.0342. The van der Waals surface area contributed by atoms with Gasteiger partial charge in [-0.15, -0.1) is 0 Å². The molecule has 2 amide bonds. The number of aliphatic hydroxyl groups excluding tert-OH is 1. The number of carbonyl (C=O) groups is 8. The van der Waals surface area contributed by atoms with Crippen LogP contribution in [0.1, 0.15) is 93.6 Å². The second kappa shape index (κ2) is 22.9. The zero-order chi connectivity index (χ0) is 54.6. The van der Waals surface area contributed by atoms with Gasteiger partial charge in [0, 0.05) is 55.1 Å². The lowest BCUT2D eigenvalue weighted by Gasteiger charge is -2.67. The number of fused-ring (bicyclic) bond motifs is 5. The molecule has 4 aliphatic rings. The molecule has 402 valence electrons. The predicted octanol–water partition coefficient (Wildman–Crippen LogP) is 5.57. The molecule has 1 saturated heterocycles. The number of carboxylic acid groups (broad SMARTS) is 1. The van der Waals surface area contributed by atoms with Crippen LogP contribution in [-0.4, -0.2) is 135 Å². The first-order valence-corrected chi connectivity index (χ1v) is 26.9. The van der Waals surface area contributed by atoms with E-state index in [0.717, 1.165) is 17.7 Å². The number of benzene rings is 3. The number of aliphatic hydroxyl groups is 2. The summed E-state index contributed by atoms with van der Waals surface area (Å²) in [5.41, 5.74) is -6.30. The summed E-state index contributed by atoms with van der Waals surface area (Å²) in [7, 11) is 2.30. The van der Waals surface area contributed by atoms with Crippen LogP contribution in [-0.2, 0) is 52.4 Å². The largest absolute Gasteiger partial charge is 0.508 e. The van der Waals surface area contributed by atoms with E-state index >= 15 is 4.79 Å². The number of nitrogens with one attached hydrogen (secondary N) is 2. The first-order valence-electron chi connectivity index (χ1n) is 24.4. The summed E-state index contributed by atoms with van der Waals surface area (Å²) >= 11 is 0. The molecule has 5 N–H and O–H groups in total. The van der Waals surface area contributed by atoms with Gasteiger partial charge in [-0.1, -0.05) is 109 Å². The highest BCUT2D eigenvalue weighted by atomic mass is 33.1. The highest BCUT2D eigenvalue weighted by Crippen LogP contribution is 2.65. The summed E-state index contributed by atoms with van der Waals surface area (Å²) in [5, 5.41) is 40.4. The Morgan fingerprint density at radius 3 is 2.03 bits per heavy atom. The van der Waals surface area contributed by atoms with Gasteiger partial charge in [-0.25, -0.2) is 19.2 Å². The zero-order valence-electron chi connectivity index (χ0n) is 42.5. The fourth-order valence-corrected chi connectivity index (χ4v) is 13.5. The third-order valence-electron chi connectivity index (χ3n) is 15.1. The van der Waals surface area contributed by atoms with Crippen molar-refractivity contribution < 1.29 is 82.1 Å². The Morgan fingerprint density at radius 1 is 0.840 bits per heavy atom. The molecule has 2 bridgehead atoms. The molecule has 1 aliphatic heterocycles. The average molecular weight is 1080 g/mol. The molecule has 0 aromatic heterocycles. The van der Waals surface area contributed by atoms with Gasteiger partial charge in [0.25, 0.3) is 5.91 Å². The Bertz CT molecular complexity index is 2690. The highest BCUT2D eigenvalue weighted by Gasteiger charge is 2.78. The third kappa shape index (κ3) is 11.2. The molecule has 0 spiro atoms. The molecule has 0 radical (unpaired) electrons. The standard InChI is InChI=1S/C54H62N2O17S2/c1-29-37(70-49(65)42(59)41(33-17-11-8-12-18-33)56-46(61)34-19-13-9-14-20-34)26-54(67)45(72-48(64)35-21-15-10-16-22-35)43-52(7,44(60)30(2)40(29)51(54,5)6)38(25-39-53(43,28-69-39)73-32(4)58)71-50(66)68-23-24-74-75-27-36(47(62)63)55-31(3)57/h8-22,30,36-39,41-43,45,59,67H,23-28H2,1-7H3,(H,55,57)(H,56,61)(H,62,63)/t30-,36+,37+,38+,39-,41+,42-,43?,45+,52-,53+,54-/m1/s1. The minimum Gasteiger partial charge on any atom is -0.480 e. The van der Waals surface area contributed by atoms with E-state index in [-0.39, 0.29) is 42.3 Å². The van der Waals surface area contributed by atoms with Crippen LogP contribution in [0, 0.1) is 22.7 Å². The minimum absolute atomic E-state index is 0.0153. The maximum absolute atomic E-state index is 16.0. The van der Waals surface area contributed by atoms with Gasteiger partial charge in [0.15, 0.2) is 11.7 Å². The molecule has 1 heterocycles. The topological polar surface area (TPSA) is 277 Å². The van der Waals surface area contributed by atoms with Gasteiger partial charge in [0.1, 0.15) is 48.4 Å². The van der Waals surface area contributed by atoms with Crippen molar-refractivity contribution in [2.75, 3.05) is 24.7 Å². The number of carboxylic acids is 1. The van der Waals surface area contributed by atoms with Gasteiger partial charge < -0.3 is 54.4 Å². The average Bonchev–Trinajstić information content (AvgIpc) is 3.37. The number of hydrogen-bond acceptors (Lipinski definition) is 18. The van der Waals surface area contributed by atoms with Crippen LogP contribution in [0.2, 0.25) is 0 Å². The molecule has 3 aromatic rings. The minimum atomic E-state index is -2.34. The number of hydrogen-bond donors (Lipinski definition) is 5. The van der Waals surface area contributed by atoms with Crippen molar-refractivity contribution in [1.82, 2.24) is 10.6 Å². The van der Waals surface area contributed by atoms with Crippen molar-refractivity contribution in [3.8, 4) is 0 Å². The van der Waals surface area contributed by atoms with Gasteiger partial charge in [0.05, 0.1) is 29.5 Å². The molecule has 3 aliphatic carbocycles. The number of Topliss-reactive ketones (excluding diaryl/α,β-unsaturated/α-hetero) is 1. The second-order valence-electron chi connectivity index (χ2n) is 20.0. The number of aliphatic carboxylic acids is 1. The van der Waals surface area contributed by atoms with Gasteiger partial charge in [0.2, 0.25) is 5.91 Å². The van der Waals surface area contributed by atoms with Crippen LogP contribution in [0.5, 0.6) is 0 Å². The monoisotopic (exact) mass is 1070 g/mol. The first kappa shape index (κ1) is 56.5. The zero-order valence-corrected chi connectivity index (χ0v) is 44.1. The van der Waals surface area contributed by atoms with Crippen molar-refractivity contribution in [3.05, 3.63) is 119 Å². The normalized spacial score (nSPS) is 28.6. The van der Waals surface area contributed by atoms with Crippen LogP contribution in [0.25, 0.3) is 0 Å². The van der Waals surface area contributed by atoms with E-state index in [4.69, 9.17) is 28.4 Å². The summed E-state index contributed by atoms with van der Waals surface area (Å²) in [6.07, 6.45) is -9.69. The predicted molar refractivity (Wildman–Crippen MR) is 272 cm³/mol. The molecule has 3 fully saturated rings. The second-order valence-corrected chi connectivity index (χ2v) is 22.6. The first-order chi connectivity index (χ1) is 35.5. The summed E-state index contributed by atoms with van der Waals surface area (Å²) in [5.74, 6) is -8.35. The Morgan fingerprint density at radius 2 is 1.45 bits per heavy atom. The summed E-state index contributed by atoms with van der Waals surface area (Å²) in [6, 6.07) is 21.9. The lowest BCUT2D eigenvalue weighted by Crippen LogP contribution is -2.81. The molecule has 12 atom stereocenters. The van der Waals surface area contributed by atoms with Gasteiger partial charge in [-0.05, 0) is 54.8 Å².